The fraction of sp³-hybridized carbons (Fsp3) is 0.600. The van der Waals surface area contributed by atoms with Gasteiger partial charge in [-0.05, 0) is 34.6 Å². The van der Waals surface area contributed by atoms with Crippen LogP contribution in [0.5, 0.6) is 5.75 Å². The maximum absolute atomic E-state index is 12.9. The monoisotopic (exact) mass is 389 g/mol. The van der Waals surface area contributed by atoms with Crippen LogP contribution in [-0.4, -0.2) is 52.1 Å². The number of aryl methyl sites for hydroxylation is 1. The van der Waals surface area contributed by atoms with Gasteiger partial charge in [-0.1, -0.05) is 0 Å². The first-order valence-electron chi connectivity index (χ1n) is 9.58. The molecule has 1 unspecified atom stereocenters. The van der Waals surface area contributed by atoms with Crippen molar-refractivity contribution in [3.05, 3.63) is 17.8 Å². The standard InChI is InChI=1S/C20H31N5O3/c1-11-9-22-17(12(2)25(11)19(26)28-20(3,4)5)16-13-10-24(6)23-18(13)15(27-7)8-14(16)21/h8,10-12,17,22H,9,21H2,1-7H3/t11-,12+,17?/m1/s1. The highest BCUT2D eigenvalue weighted by Gasteiger charge is 2.39. The molecule has 3 rings (SSSR count). The SMILES string of the molecule is COc1cc(N)c(C2NC[C@@H](C)N(C(=O)OC(C)(C)C)[C@H]2C)c2cn(C)nc12. The van der Waals surface area contributed by atoms with Crippen LogP contribution in [0, 0.1) is 0 Å². The Morgan fingerprint density at radius 3 is 2.64 bits per heavy atom. The number of rotatable bonds is 2. The van der Waals surface area contributed by atoms with Gasteiger partial charge < -0.3 is 20.5 Å². The number of benzene rings is 1. The molecule has 1 saturated heterocycles. The van der Waals surface area contributed by atoms with Crippen LogP contribution < -0.4 is 15.8 Å². The number of anilines is 1. The average Bonchev–Trinajstić information content (AvgIpc) is 2.95. The lowest BCUT2D eigenvalue weighted by Crippen LogP contribution is -2.59. The third-order valence-corrected chi connectivity index (χ3v) is 5.11. The molecule has 0 radical (unpaired) electrons. The van der Waals surface area contributed by atoms with E-state index in [2.05, 4.69) is 10.4 Å². The van der Waals surface area contributed by atoms with Gasteiger partial charge in [0.2, 0.25) is 0 Å². The van der Waals surface area contributed by atoms with E-state index in [-0.39, 0.29) is 24.2 Å². The highest BCUT2D eigenvalue weighted by atomic mass is 16.6. The van der Waals surface area contributed by atoms with Crippen LogP contribution in [0.2, 0.25) is 0 Å². The van der Waals surface area contributed by atoms with Crippen molar-refractivity contribution < 1.29 is 14.3 Å². The summed E-state index contributed by atoms with van der Waals surface area (Å²) in [6.07, 6.45) is 1.63. The molecule has 0 spiro atoms. The first kappa shape index (κ1) is 20.3. The molecule has 3 N–H and O–H groups in total. The van der Waals surface area contributed by atoms with Gasteiger partial charge in [0.15, 0.2) is 0 Å². The zero-order valence-electron chi connectivity index (χ0n) is 17.7. The normalized spacial score (nSPS) is 23.1. The van der Waals surface area contributed by atoms with Crippen LogP contribution in [0.3, 0.4) is 0 Å². The van der Waals surface area contributed by atoms with Gasteiger partial charge >= 0.3 is 6.09 Å². The first-order valence-corrected chi connectivity index (χ1v) is 9.58. The van der Waals surface area contributed by atoms with Gasteiger partial charge in [0.05, 0.1) is 19.2 Å². The van der Waals surface area contributed by atoms with E-state index in [1.807, 2.05) is 47.9 Å². The summed E-state index contributed by atoms with van der Waals surface area (Å²) in [5, 5.41) is 9.00. The summed E-state index contributed by atoms with van der Waals surface area (Å²) in [5.74, 6) is 0.637. The Balaban J connectivity index is 2.04. The van der Waals surface area contributed by atoms with Gasteiger partial charge in [-0.25, -0.2) is 4.79 Å². The van der Waals surface area contributed by atoms with Crippen LogP contribution in [0.25, 0.3) is 10.9 Å². The molecule has 1 fully saturated rings. The van der Waals surface area contributed by atoms with Crippen molar-refractivity contribution in [1.82, 2.24) is 20.0 Å². The number of carbonyl (C=O) groups excluding carboxylic acids is 1. The molecule has 8 heteroatoms. The number of amides is 1. The van der Waals surface area contributed by atoms with Gasteiger partial charge in [0.25, 0.3) is 0 Å². The maximum atomic E-state index is 12.9. The van der Waals surface area contributed by atoms with E-state index in [0.717, 1.165) is 16.5 Å². The fourth-order valence-corrected chi connectivity index (χ4v) is 3.95. The van der Waals surface area contributed by atoms with E-state index >= 15 is 0 Å². The smallest absolute Gasteiger partial charge is 0.410 e. The number of hydrogen-bond acceptors (Lipinski definition) is 6. The minimum Gasteiger partial charge on any atom is -0.494 e. The summed E-state index contributed by atoms with van der Waals surface area (Å²) in [4.78, 5) is 14.7. The van der Waals surface area contributed by atoms with E-state index in [4.69, 9.17) is 15.2 Å². The summed E-state index contributed by atoms with van der Waals surface area (Å²) in [6.45, 7) is 10.3. The topological polar surface area (TPSA) is 94.6 Å². The van der Waals surface area contributed by atoms with Crippen LogP contribution in [0.15, 0.2) is 12.3 Å². The van der Waals surface area contributed by atoms with Crippen molar-refractivity contribution in [3.63, 3.8) is 0 Å². The lowest BCUT2D eigenvalue weighted by molar-refractivity contribution is -0.00460. The molecule has 0 bridgehead atoms. The molecule has 1 aliphatic heterocycles. The number of nitrogens with one attached hydrogen (secondary N) is 1. The molecule has 0 aliphatic carbocycles. The Kier molecular flexibility index (Phi) is 5.18. The molecule has 1 aliphatic rings. The van der Waals surface area contributed by atoms with Gasteiger partial charge in [0, 0.05) is 48.5 Å². The van der Waals surface area contributed by atoms with E-state index in [9.17, 15) is 4.79 Å². The summed E-state index contributed by atoms with van der Waals surface area (Å²) in [6, 6.07) is 1.50. The Hall–Kier alpha value is -2.48. The van der Waals surface area contributed by atoms with Crippen LogP contribution in [0.4, 0.5) is 10.5 Å². The van der Waals surface area contributed by atoms with Gasteiger partial charge in [0.1, 0.15) is 16.9 Å². The number of hydrogen-bond donors (Lipinski definition) is 2. The molecule has 28 heavy (non-hydrogen) atoms. The second kappa shape index (κ2) is 7.16. The van der Waals surface area contributed by atoms with Crippen molar-refractivity contribution >= 4 is 22.7 Å². The first-order chi connectivity index (χ1) is 13.0. The molecule has 2 heterocycles. The maximum Gasteiger partial charge on any atom is 0.410 e. The number of methoxy groups -OCH3 is 1. The molecular formula is C20H31N5O3. The third-order valence-electron chi connectivity index (χ3n) is 5.11. The number of aromatic nitrogens is 2. The molecule has 1 aromatic carbocycles. The molecule has 8 nitrogen and oxygen atoms in total. The molecule has 154 valence electrons. The minimum absolute atomic E-state index is 0.00459. The van der Waals surface area contributed by atoms with Crippen molar-refractivity contribution in [3.8, 4) is 5.75 Å². The van der Waals surface area contributed by atoms with Crippen molar-refractivity contribution in [2.24, 2.45) is 7.05 Å². The zero-order valence-corrected chi connectivity index (χ0v) is 17.7. The zero-order chi connectivity index (χ0) is 20.8. The average molecular weight is 390 g/mol. The molecule has 1 aromatic heterocycles. The summed E-state index contributed by atoms with van der Waals surface area (Å²) >= 11 is 0. The highest BCUT2D eigenvalue weighted by Crippen LogP contribution is 2.39. The van der Waals surface area contributed by atoms with E-state index in [1.165, 1.54) is 0 Å². The molecule has 3 atom stereocenters. The number of carbonyl (C=O) groups is 1. The van der Waals surface area contributed by atoms with Crippen LogP contribution >= 0.6 is 0 Å². The number of nitrogen functional groups attached to an aromatic ring is 1. The summed E-state index contributed by atoms with van der Waals surface area (Å²) in [5.41, 5.74) is 8.18. The second-order valence-corrected chi connectivity index (χ2v) is 8.51. The van der Waals surface area contributed by atoms with E-state index in [0.29, 0.717) is 18.0 Å². The van der Waals surface area contributed by atoms with Crippen LogP contribution in [0.1, 0.15) is 46.2 Å². The molecular weight excluding hydrogens is 358 g/mol. The second-order valence-electron chi connectivity index (χ2n) is 8.51. The van der Waals surface area contributed by atoms with Gasteiger partial charge in [-0.3, -0.25) is 9.58 Å². The number of nitrogens with zero attached hydrogens (tertiary/aromatic N) is 3. The Morgan fingerprint density at radius 1 is 1.36 bits per heavy atom. The van der Waals surface area contributed by atoms with Crippen LogP contribution in [-0.2, 0) is 11.8 Å². The number of ether oxygens (including phenoxy) is 2. The number of nitrogens with two attached hydrogens (primary N) is 1. The van der Waals surface area contributed by atoms with E-state index in [1.54, 1.807) is 22.8 Å². The number of fused-ring (bicyclic) bond motifs is 1. The van der Waals surface area contributed by atoms with E-state index < -0.39 is 5.60 Å². The quantitative estimate of drug-likeness (QED) is 0.767. The largest absolute Gasteiger partial charge is 0.494 e. The lowest BCUT2D eigenvalue weighted by atomic mass is 9.91. The molecule has 0 saturated carbocycles. The predicted octanol–water partition coefficient (Wildman–Crippen LogP) is 2.82. The van der Waals surface area contributed by atoms with Crippen molar-refractivity contribution in [2.75, 3.05) is 19.4 Å². The van der Waals surface area contributed by atoms with Crippen molar-refractivity contribution in [2.45, 2.75) is 58.3 Å². The summed E-state index contributed by atoms with van der Waals surface area (Å²) < 4.78 is 12.9. The molecule has 2 aromatic rings. The molecule has 1 amide bonds. The van der Waals surface area contributed by atoms with Crippen molar-refractivity contribution in [1.29, 1.82) is 0 Å². The Labute approximate surface area is 165 Å². The fourth-order valence-electron chi connectivity index (χ4n) is 3.95. The minimum atomic E-state index is -0.549. The Bertz CT molecular complexity index is 886. The highest BCUT2D eigenvalue weighted by molar-refractivity contribution is 5.92. The third kappa shape index (κ3) is 3.61. The number of piperazine rings is 1. The predicted molar refractivity (Wildman–Crippen MR) is 109 cm³/mol. The Morgan fingerprint density at radius 2 is 2.04 bits per heavy atom. The van der Waals surface area contributed by atoms with Gasteiger partial charge in [-0.2, -0.15) is 5.10 Å². The lowest BCUT2D eigenvalue weighted by Gasteiger charge is -2.45. The summed E-state index contributed by atoms with van der Waals surface area (Å²) in [7, 11) is 3.47. The van der Waals surface area contributed by atoms with Gasteiger partial charge in [-0.15, -0.1) is 0 Å².